The monoisotopic (exact) mass is 740 g/mol. The Morgan fingerprint density at radius 2 is 1.21 bits per heavy atom. The number of benzene rings is 5. The molecule has 1 aromatic heterocycles. The number of anilines is 3. The second kappa shape index (κ2) is 11.9. The van der Waals surface area contributed by atoms with Crippen molar-refractivity contribution in [1.82, 2.24) is 9.78 Å². The van der Waals surface area contributed by atoms with E-state index in [4.69, 9.17) is 9.84 Å². The number of para-hydroxylation sites is 2. The van der Waals surface area contributed by atoms with Crippen LogP contribution in [0.25, 0.3) is 5.69 Å². The summed E-state index contributed by atoms with van der Waals surface area (Å²) in [7, 11) is 2.04. The van der Waals surface area contributed by atoms with E-state index in [2.05, 4.69) is 102 Å². The molecule has 6 aromatic rings. The maximum atomic E-state index is 6.26. The predicted molar refractivity (Wildman–Crippen MR) is 167 cm³/mol. The zero-order chi connectivity index (χ0) is 28.5. The molecule has 0 unspecified atom stereocenters. The fourth-order valence-electron chi connectivity index (χ4n) is 5.60. The molecule has 0 saturated carbocycles. The molecule has 6 heteroatoms. The zero-order valence-electron chi connectivity index (χ0n) is 23.8. The van der Waals surface area contributed by atoms with Crippen LogP contribution in [0.1, 0.15) is 23.6 Å². The smallest absolute Gasteiger partial charge is 0.0537 e. The third kappa shape index (κ3) is 5.37. The Kier molecular flexibility index (Phi) is 7.92. The average Bonchev–Trinajstić information content (AvgIpc) is 3.68. The number of ether oxygens (including phenoxy) is 1. The summed E-state index contributed by atoms with van der Waals surface area (Å²) in [6.45, 7) is 4.31. The minimum Gasteiger partial charge on any atom is -0.509 e. The first-order valence-electron chi connectivity index (χ1n) is 13.9. The van der Waals surface area contributed by atoms with E-state index in [0.717, 1.165) is 28.3 Å². The van der Waals surface area contributed by atoms with Gasteiger partial charge >= 0.3 is 0 Å². The quantitative estimate of drug-likeness (QED) is 0.154. The number of aromatic nitrogens is 2. The summed E-state index contributed by atoms with van der Waals surface area (Å²) in [6, 6.07) is 48.0. The van der Waals surface area contributed by atoms with Crippen LogP contribution < -0.4 is 14.5 Å². The fraction of sp³-hybridized carbons (Fsp3) is 0.0811. The van der Waals surface area contributed by atoms with Crippen molar-refractivity contribution in [3.05, 3.63) is 169 Å². The third-order valence-corrected chi connectivity index (χ3v) is 7.90. The van der Waals surface area contributed by atoms with E-state index in [1.807, 2.05) is 78.6 Å². The van der Waals surface area contributed by atoms with Crippen LogP contribution in [0.15, 0.2) is 134 Å². The van der Waals surface area contributed by atoms with Gasteiger partial charge in [0, 0.05) is 61.1 Å². The Balaban J connectivity index is 0.00000329. The number of fused-ring (bicyclic) bond motifs is 1. The Bertz CT molecular complexity index is 1800. The van der Waals surface area contributed by atoms with E-state index in [1.165, 1.54) is 11.1 Å². The maximum absolute atomic E-state index is 6.26. The van der Waals surface area contributed by atoms with Crippen molar-refractivity contribution in [2.75, 3.05) is 16.8 Å². The molecular formula is C37H29N4OPt-3. The molecule has 0 fully saturated rings. The molecule has 5 aromatic carbocycles. The summed E-state index contributed by atoms with van der Waals surface area (Å²) in [6.07, 6.45) is 4.03. The molecule has 0 N–H and O–H groups in total. The average molecular weight is 741 g/mol. The number of hydrogen-bond donors (Lipinski definition) is 0. The van der Waals surface area contributed by atoms with Gasteiger partial charge in [-0.2, -0.15) is 23.9 Å². The largest absolute Gasteiger partial charge is 0.509 e. The van der Waals surface area contributed by atoms with Crippen LogP contribution in [-0.2, 0) is 26.5 Å². The minimum atomic E-state index is -0.371. The van der Waals surface area contributed by atoms with Crippen molar-refractivity contribution in [3.8, 4) is 17.2 Å². The number of hydrogen-bond acceptors (Lipinski definition) is 4. The van der Waals surface area contributed by atoms with Gasteiger partial charge in [-0.1, -0.05) is 72.8 Å². The molecule has 1 aliphatic heterocycles. The number of nitrogens with zero attached hydrogens (tertiary/aromatic N) is 4. The molecule has 7 rings (SSSR count). The van der Waals surface area contributed by atoms with Gasteiger partial charge in [-0.05, 0) is 42.9 Å². The van der Waals surface area contributed by atoms with Crippen LogP contribution in [-0.4, -0.2) is 16.8 Å². The topological polar surface area (TPSA) is 33.5 Å². The molecule has 0 atom stereocenters. The molecule has 0 saturated heterocycles. The predicted octanol–water partition coefficient (Wildman–Crippen LogP) is 8.32. The van der Waals surface area contributed by atoms with Gasteiger partial charge in [0.05, 0.1) is 6.20 Å². The van der Waals surface area contributed by atoms with Gasteiger partial charge in [0.25, 0.3) is 0 Å². The summed E-state index contributed by atoms with van der Waals surface area (Å²) >= 11 is 0. The molecular weight excluding hydrogens is 712 g/mol. The molecule has 0 bridgehead atoms. The SMILES string of the molecule is CN1[CH-]N(c2[c-]c(Oc3[c-]c(-n4cc(C(C)(c5ccccc5)c5ccccc5)cn4)ccc3)ccc2)c2ccccc21.[Pt]. The van der Waals surface area contributed by atoms with Crippen molar-refractivity contribution < 1.29 is 25.8 Å². The van der Waals surface area contributed by atoms with Gasteiger partial charge in [-0.3, -0.25) is 4.68 Å². The molecule has 0 aliphatic carbocycles. The molecule has 0 radical (unpaired) electrons. The van der Waals surface area contributed by atoms with Gasteiger partial charge in [-0.25, -0.2) is 0 Å². The van der Waals surface area contributed by atoms with E-state index in [-0.39, 0.29) is 26.5 Å². The fourth-order valence-corrected chi connectivity index (χ4v) is 5.60. The van der Waals surface area contributed by atoms with Gasteiger partial charge in [0.2, 0.25) is 0 Å². The second-order valence-corrected chi connectivity index (χ2v) is 10.5. The van der Waals surface area contributed by atoms with Gasteiger partial charge in [-0.15, -0.1) is 42.1 Å². The molecule has 43 heavy (non-hydrogen) atoms. The van der Waals surface area contributed by atoms with Crippen LogP contribution >= 0.6 is 0 Å². The normalized spacial score (nSPS) is 12.5. The summed E-state index contributed by atoms with van der Waals surface area (Å²) in [5.41, 5.74) is 7.08. The molecule has 0 spiro atoms. The van der Waals surface area contributed by atoms with E-state index in [9.17, 15) is 0 Å². The Labute approximate surface area is 267 Å². The first kappa shape index (κ1) is 28.5. The van der Waals surface area contributed by atoms with Crippen molar-refractivity contribution in [1.29, 1.82) is 0 Å². The van der Waals surface area contributed by atoms with Crippen molar-refractivity contribution in [3.63, 3.8) is 0 Å². The number of rotatable bonds is 7. The second-order valence-electron chi connectivity index (χ2n) is 10.5. The van der Waals surface area contributed by atoms with Crippen LogP contribution in [0.3, 0.4) is 0 Å². The van der Waals surface area contributed by atoms with Gasteiger partial charge < -0.3 is 14.5 Å². The van der Waals surface area contributed by atoms with Crippen LogP contribution in [0, 0.1) is 18.8 Å². The molecule has 5 nitrogen and oxygen atoms in total. The summed E-state index contributed by atoms with van der Waals surface area (Å²) in [4.78, 5) is 4.22. The first-order valence-corrected chi connectivity index (χ1v) is 13.9. The van der Waals surface area contributed by atoms with Crippen LogP contribution in [0.4, 0.5) is 17.1 Å². The van der Waals surface area contributed by atoms with E-state index in [1.54, 1.807) is 0 Å². The maximum Gasteiger partial charge on any atom is 0.0537 e. The zero-order valence-corrected chi connectivity index (χ0v) is 26.1. The van der Waals surface area contributed by atoms with E-state index < -0.39 is 0 Å². The molecule has 216 valence electrons. The van der Waals surface area contributed by atoms with Crippen molar-refractivity contribution >= 4 is 17.1 Å². The van der Waals surface area contributed by atoms with Crippen LogP contribution in [0.2, 0.25) is 0 Å². The third-order valence-electron chi connectivity index (χ3n) is 7.90. The first-order chi connectivity index (χ1) is 20.6. The molecule has 0 amide bonds. The van der Waals surface area contributed by atoms with Gasteiger partial charge in [0.1, 0.15) is 0 Å². The summed E-state index contributed by atoms with van der Waals surface area (Å²) in [5, 5.41) is 4.75. The minimum absolute atomic E-state index is 0. The van der Waals surface area contributed by atoms with E-state index >= 15 is 0 Å². The Morgan fingerprint density at radius 3 is 1.86 bits per heavy atom. The standard InChI is InChI=1S/C37H29N4O.Pt/c1-37(28-13-5-3-6-14-28,29-15-7-4-8-16-29)30-25-38-41(26-30)32-18-12-20-34(24-32)42-33-19-11-17-31(23-33)40-27-39(2)35-21-9-10-22-36(35)40;/h3-22,25-27H,1-2H3;/q-3;. The Hall–Kier alpha value is -4.60. The van der Waals surface area contributed by atoms with Crippen molar-refractivity contribution in [2.24, 2.45) is 0 Å². The summed E-state index contributed by atoms with van der Waals surface area (Å²) < 4.78 is 8.12. The van der Waals surface area contributed by atoms with Gasteiger partial charge in [0.15, 0.2) is 0 Å². The van der Waals surface area contributed by atoms with Crippen molar-refractivity contribution in [2.45, 2.75) is 12.3 Å². The van der Waals surface area contributed by atoms with Crippen LogP contribution in [0.5, 0.6) is 11.5 Å². The summed E-state index contributed by atoms with van der Waals surface area (Å²) in [5.74, 6) is 1.21. The Morgan fingerprint density at radius 1 is 0.651 bits per heavy atom. The molecule has 1 aliphatic rings. The molecule has 2 heterocycles. The van der Waals surface area contributed by atoms with E-state index in [0.29, 0.717) is 11.5 Å².